The lowest BCUT2D eigenvalue weighted by atomic mass is 10.1. The molecule has 6 heteroatoms. The van der Waals surface area contributed by atoms with Gasteiger partial charge in [0.15, 0.2) is 0 Å². The molecule has 0 aliphatic carbocycles. The normalized spacial score (nSPS) is 13.0. The van der Waals surface area contributed by atoms with E-state index in [1.807, 2.05) is 0 Å². The van der Waals surface area contributed by atoms with Crippen LogP contribution in [-0.2, 0) is 0 Å². The summed E-state index contributed by atoms with van der Waals surface area (Å²) < 4.78 is 37.3. The predicted octanol–water partition coefficient (Wildman–Crippen LogP) is 3.86. The number of benzene rings is 1. The summed E-state index contributed by atoms with van der Waals surface area (Å²) in [5.41, 5.74) is 3.81. The van der Waals surface area contributed by atoms with Crippen molar-refractivity contribution < 1.29 is 13.2 Å². The van der Waals surface area contributed by atoms with Gasteiger partial charge >= 0.3 is 6.18 Å². The first-order valence-corrected chi connectivity index (χ1v) is 4.55. The third-order valence-electron chi connectivity index (χ3n) is 1.65. The molecule has 0 saturated carbocycles. The molecule has 0 spiro atoms. The number of allylic oxidation sites excluding steroid dienone is 1. The minimum absolute atomic E-state index is 0.126. The first-order valence-electron chi connectivity index (χ1n) is 3.80. The van der Waals surface area contributed by atoms with Gasteiger partial charge in [0.25, 0.3) is 0 Å². The third-order valence-corrected chi connectivity index (χ3v) is 2.08. The van der Waals surface area contributed by atoms with E-state index < -0.39 is 11.7 Å². The molecule has 0 aliphatic rings. The molecule has 0 amide bonds. The highest BCUT2D eigenvalue weighted by Crippen LogP contribution is 2.35. The van der Waals surface area contributed by atoms with Crippen molar-refractivity contribution in [1.82, 2.24) is 0 Å². The summed E-state index contributed by atoms with van der Waals surface area (Å²) in [5, 5.41) is 0.252. The molecule has 0 atom stereocenters. The van der Waals surface area contributed by atoms with Crippen LogP contribution in [-0.4, -0.2) is 6.18 Å². The number of alkyl halides is 3. The first-order chi connectivity index (χ1) is 6.84. The largest absolute Gasteiger partial charge is 0.418 e. The molecule has 82 valence electrons. The molecule has 0 saturated heterocycles. The van der Waals surface area contributed by atoms with E-state index in [0.717, 1.165) is 12.1 Å². The zero-order chi connectivity index (χ0) is 11.6. The van der Waals surface area contributed by atoms with Gasteiger partial charge in [0, 0.05) is 16.2 Å². The lowest BCUT2D eigenvalue weighted by Gasteiger charge is -2.11. The highest BCUT2D eigenvalue weighted by molar-refractivity contribution is 6.34. The Morgan fingerprint density at radius 2 is 1.60 bits per heavy atom. The van der Waals surface area contributed by atoms with Crippen LogP contribution in [0.5, 0.6) is 0 Å². The van der Waals surface area contributed by atoms with E-state index >= 15 is 0 Å². The predicted molar refractivity (Wildman–Crippen MR) is 54.7 cm³/mol. The molecule has 0 radical (unpaired) electrons. The van der Waals surface area contributed by atoms with Gasteiger partial charge in [-0.25, -0.2) is 0 Å². The highest BCUT2D eigenvalue weighted by atomic mass is 35.5. The Morgan fingerprint density at radius 1 is 1.13 bits per heavy atom. The molecule has 0 fully saturated rings. The monoisotopic (exact) mass is 255 g/mol. The van der Waals surface area contributed by atoms with Crippen LogP contribution in [0.4, 0.5) is 13.2 Å². The standard InChI is InChI=1S/C9H6Cl2F3N/c10-6-1-5(2-7(11)3-6)8(4-15)9(12,13)14/h1-4H,15H2/b8-4-. The highest BCUT2D eigenvalue weighted by Gasteiger charge is 2.34. The molecular formula is C9H6Cl2F3N. The quantitative estimate of drug-likeness (QED) is 0.811. The number of halogens is 5. The van der Waals surface area contributed by atoms with Gasteiger partial charge in [-0.1, -0.05) is 23.2 Å². The van der Waals surface area contributed by atoms with E-state index in [9.17, 15) is 13.2 Å². The van der Waals surface area contributed by atoms with Crippen molar-refractivity contribution in [1.29, 1.82) is 0 Å². The van der Waals surface area contributed by atoms with Crippen molar-refractivity contribution in [3.8, 4) is 0 Å². The fourth-order valence-corrected chi connectivity index (χ4v) is 1.59. The van der Waals surface area contributed by atoms with E-state index in [2.05, 4.69) is 0 Å². The van der Waals surface area contributed by atoms with Gasteiger partial charge < -0.3 is 5.73 Å². The van der Waals surface area contributed by atoms with Gasteiger partial charge in [0.1, 0.15) is 0 Å². The van der Waals surface area contributed by atoms with E-state index in [4.69, 9.17) is 28.9 Å². The summed E-state index contributed by atoms with van der Waals surface area (Å²) >= 11 is 11.2. The van der Waals surface area contributed by atoms with Crippen LogP contribution in [0.1, 0.15) is 5.56 Å². The van der Waals surface area contributed by atoms with Crippen LogP contribution in [0.25, 0.3) is 5.57 Å². The molecule has 15 heavy (non-hydrogen) atoms. The molecular weight excluding hydrogens is 250 g/mol. The Balaban J connectivity index is 3.26. The van der Waals surface area contributed by atoms with Crippen molar-refractivity contribution in [2.45, 2.75) is 6.18 Å². The molecule has 0 aromatic heterocycles. The van der Waals surface area contributed by atoms with Crippen molar-refractivity contribution in [3.05, 3.63) is 40.0 Å². The number of hydrogen-bond donors (Lipinski definition) is 1. The van der Waals surface area contributed by atoms with E-state index in [-0.39, 0.29) is 15.6 Å². The molecule has 0 heterocycles. The fraction of sp³-hybridized carbons (Fsp3) is 0.111. The third kappa shape index (κ3) is 3.04. The number of hydrogen-bond acceptors (Lipinski definition) is 1. The lowest BCUT2D eigenvalue weighted by molar-refractivity contribution is -0.0690. The number of rotatable bonds is 1. The van der Waals surface area contributed by atoms with E-state index in [0.29, 0.717) is 6.20 Å². The molecule has 0 aliphatic heterocycles. The van der Waals surface area contributed by atoms with Crippen molar-refractivity contribution in [2.24, 2.45) is 5.73 Å². The minimum atomic E-state index is -4.53. The second-order valence-corrected chi connectivity index (χ2v) is 3.61. The van der Waals surface area contributed by atoms with Gasteiger partial charge in [0.2, 0.25) is 0 Å². The summed E-state index contributed by atoms with van der Waals surface area (Å²) in [6.45, 7) is 0. The van der Waals surface area contributed by atoms with Gasteiger partial charge in [-0.05, 0) is 23.8 Å². The smallest absolute Gasteiger partial charge is 0.404 e. The zero-order valence-electron chi connectivity index (χ0n) is 7.28. The van der Waals surface area contributed by atoms with E-state index in [1.54, 1.807) is 0 Å². The summed E-state index contributed by atoms with van der Waals surface area (Å²) in [4.78, 5) is 0. The van der Waals surface area contributed by atoms with Crippen molar-refractivity contribution in [3.63, 3.8) is 0 Å². The van der Waals surface area contributed by atoms with Crippen LogP contribution < -0.4 is 5.73 Å². The SMILES string of the molecule is N/C=C(/c1cc(Cl)cc(Cl)c1)C(F)(F)F. The van der Waals surface area contributed by atoms with Gasteiger partial charge in [0.05, 0.1) is 5.57 Å². The maximum atomic E-state index is 12.4. The van der Waals surface area contributed by atoms with Crippen LogP contribution in [0.15, 0.2) is 24.4 Å². The second-order valence-electron chi connectivity index (χ2n) is 2.74. The molecule has 1 rings (SSSR count). The van der Waals surface area contributed by atoms with Gasteiger partial charge in [-0.15, -0.1) is 0 Å². The molecule has 1 aromatic rings. The minimum Gasteiger partial charge on any atom is -0.404 e. The average molecular weight is 256 g/mol. The molecule has 0 bridgehead atoms. The molecule has 0 unspecified atom stereocenters. The Morgan fingerprint density at radius 3 is 1.93 bits per heavy atom. The van der Waals surface area contributed by atoms with Crippen LogP contribution >= 0.6 is 23.2 Å². The Bertz CT molecular complexity index is 379. The maximum Gasteiger partial charge on any atom is 0.418 e. The van der Waals surface area contributed by atoms with Crippen LogP contribution in [0.2, 0.25) is 10.0 Å². The van der Waals surface area contributed by atoms with Crippen LogP contribution in [0.3, 0.4) is 0 Å². The zero-order valence-corrected chi connectivity index (χ0v) is 8.79. The maximum absolute atomic E-state index is 12.4. The second kappa shape index (κ2) is 4.33. The lowest BCUT2D eigenvalue weighted by Crippen LogP contribution is -2.12. The Labute approximate surface area is 94.3 Å². The molecule has 2 N–H and O–H groups in total. The Kier molecular flexibility index (Phi) is 3.52. The summed E-state index contributed by atoms with van der Waals surface area (Å²) in [7, 11) is 0. The summed E-state index contributed by atoms with van der Waals surface area (Å²) in [6.07, 6.45) is -4.04. The first kappa shape index (κ1) is 12.2. The van der Waals surface area contributed by atoms with Crippen molar-refractivity contribution >= 4 is 28.8 Å². The molecule has 1 nitrogen and oxygen atoms in total. The van der Waals surface area contributed by atoms with Gasteiger partial charge in [-0.3, -0.25) is 0 Å². The summed E-state index contributed by atoms with van der Waals surface area (Å²) in [6, 6.07) is 3.65. The Hall–Kier alpha value is -0.870. The number of nitrogens with two attached hydrogens (primary N) is 1. The fourth-order valence-electron chi connectivity index (χ4n) is 1.06. The van der Waals surface area contributed by atoms with Crippen molar-refractivity contribution in [2.75, 3.05) is 0 Å². The van der Waals surface area contributed by atoms with Crippen LogP contribution in [0, 0.1) is 0 Å². The van der Waals surface area contributed by atoms with Gasteiger partial charge in [-0.2, -0.15) is 13.2 Å². The molecule has 1 aromatic carbocycles. The van der Waals surface area contributed by atoms with E-state index in [1.165, 1.54) is 6.07 Å². The topological polar surface area (TPSA) is 26.0 Å². The average Bonchev–Trinajstić information content (AvgIpc) is 1.99. The summed E-state index contributed by atoms with van der Waals surface area (Å²) in [5.74, 6) is 0.